The number of aromatic nitrogens is 1. The third-order valence-corrected chi connectivity index (χ3v) is 3.62. The first kappa shape index (κ1) is 16.7. The summed E-state index contributed by atoms with van der Waals surface area (Å²) >= 11 is 0. The number of fused-ring (bicyclic) bond motifs is 1. The molecule has 0 radical (unpaired) electrons. The second kappa shape index (κ2) is 6.76. The van der Waals surface area contributed by atoms with Crippen molar-refractivity contribution in [2.45, 2.75) is 13.0 Å². The lowest BCUT2D eigenvalue weighted by Crippen LogP contribution is -2.20. The molecule has 1 heterocycles. The van der Waals surface area contributed by atoms with Gasteiger partial charge in [-0.2, -0.15) is 0 Å². The van der Waals surface area contributed by atoms with Gasteiger partial charge in [0.05, 0.1) is 12.6 Å². The van der Waals surface area contributed by atoms with Crippen molar-refractivity contribution in [1.29, 1.82) is 0 Å². The minimum absolute atomic E-state index is 0.0369. The van der Waals surface area contributed by atoms with Gasteiger partial charge in [0.15, 0.2) is 23.0 Å². The predicted octanol–water partition coefficient (Wildman–Crippen LogP) is 2.91. The SMILES string of the molecule is COc1c(F)cc(NC(=O)CCn2c(=O)oc3ccccc32)cc1F. The summed E-state index contributed by atoms with van der Waals surface area (Å²) in [7, 11) is 1.15. The number of benzene rings is 2. The summed E-state index contributed by atoms with van der Waals surface area (Å²) in [5, 5.41) is 2.38. The summed E-state index contributed by atoms with van der Waals surface area (Å²) in [6.07, 6.45) is -0.0707. The Bertz CT molecular complexity index is 971. The molecule has 0 spiro atoms. The van der Waals surface area contributed by atoms with Crippen LogP contribution in [0.15, 0.2) is 45.6 Å². The van der Waals surface area contributed by atoms with E-state index in [-0.39, 0.29) is 18.7 Å². The van der Waals surface area contributed by atoms with Crippen LogP contribution in [-0.4, -0.2) is 17.6 Å². The summed E-state index contributed by atoms with van der Waals surface area (Å²) in [5.41, 5.74) is 0.958. The maximum Gasteiger partial charge on any atom is 0.419 e. The van der Waals surface area contributed by atoms with Crippen LogP contribution in [-0.2, 0) is 11.3 Å². The lowest BCUT2D eigenvalue weighted by Gasteiger charge is -2.09. The zero-order valence-electron chi connectivity index (χ0n) is 13.2. The van der Waals surface area contributed by atoms with Gasteiger partial charge in [-0.25, -0.2) is 13.6 Å². The lowest BCUT2D eigenvalue weighted by atomic mass is 10.2. The molecule has 0 bridgehead atoms. The fourth-order valence-electron chi connectivity index (χ4n) is 2.49. The van der Waals surface area contributed by atoms with Gasteiger partial charge in [-0.1, -0.05) is 12.1 Å². The van der Waals surface area contributed by atoms with Crippen molar-refractivity contribution >= 4 is 22.7 Å². The van der Waals surface area contributed by atoms with Crippen molar-refractivity contribution < 1.29 is 22.7 Å². The van der Waals surface area contributed by atoms with Gasteiger partial charge in [-0.05, 0) is 12.1 Å². The average Bonchev–Trinajstić information content (AvgIpc) is 2.88. The minimum atomic E-state index is -0.921. The van der Waals surface area contributed by atoms with Gasteiger partial charge >= 0.3 is 5.76 Å². The number of rotatable bonds is 5. The Balaban J connectivity index is 1.71. The van der Waals surface area contributed by atoms with Crippen molar-refractivity contribution in [3.8, 4) is 5.75 Å². The monoisotopic (exact) mass is 348 g/mol. The average molecular weight is 348 g/mol. The summed E-state index contributed by atoms with van der Waals surface area (Å²) in [5.74, 6) is -3.43. The zero-order valence-corrected chi connectivity index (χ0v) is 13.2. The van der Waals surface area contributed by atoms with E-state index in [1.807, 2.05) is 0 Å². The quantitative estimate of drug-likeness (QED) is 0.769. The molecule has 1 N–H and O–H groups in total. The van der Waals surface area contributed by atoms with E-state index in [0.29, 0.717) is 11.1 Å². The maximum atomic E-state index is 13.6. The summed E-state index contributed by atoms with van der Waals surface area (Å²) < 4.78 is 38.2. The molecule has 130 valence electrons. The van der Waals surface area contributed by atoms with Gasteiger partial charge in [0.25, 0.3) is 0 Å². The van der Waals surface area contributed by atoms with E-state index in [4.69, 9.17) is 4.42 Å². The molecule has 0 atom stereocenters. The Labute approximate surface area is 140 Å². The van der Waals surface area contributed by atoms with Crippen molar-refractivity contribution in [3.63, 3.8) is 0 Å². The number of anilines is 1. The van der Waals surface area contributed by atoms with E-state index < -0.39 is 29.0 Å². The molecular formula is C17H14F2N2O4. The molecule has 0 aliphatic heterocycles. The Morgan fingerprint density at radius 3 is 2.60 bits per heavy atom. The van der Waals surface area contributed by atoms with Gasteiger partial charge in [-0.3, -0.25) is 9.36 Å². The normalized spacial score (nSPS) is 10.8. The molecule has 3 aromatic rings. The number of carbonyl (C=O) groups excluding carboxylic acids is 1. The van der Waals surface area contributed by atoms with E-state index in [1.54, 1.807) is 24.3 Å². The fourth-order valence-corrected chi connectivity index (χ4v) is 2.49. The number of carbonyl (C=O) groups is 1. The van der Waals surface area contributed by atoms with Crippen LogP contribution >= 0.6 is 0 Å². The fraction of sp³-hybridized carbons (Fsp3) is 0.176. The van der Waals surface area contributed by atoms with Crippen LogP contribution in [0.5, 0.6) is 5.75 Å². The number of halogens is 2. The van der Waals surface area contributed by atoms with Gasteiger partial charge < -0.3 is 14.5 Å². The molecule has 3 rings (SSSR count). The molecule has 8 heteroatoms. The van der Waals surface area contributed by atoms with E-state index in [0.717, 1.165) is 19.2 Å². The van der Waals surface area contributed by atoms with Crippen LogP contribution in [0.1, 0.15) is 6.42 Å². The molecule has 0 aliphatic rings. The molecular weight excluding hydrogens is 334 g/mol. The second-order valence-corrected chi connectivity index (χ2v) is 5.26. The van der Waals surface area contributed by atoms with E-state index >= 15 is 0 Å². The number of nitrogens with one attached hydrogen (secondary N) is 1. The molecule has 0 saturated heterocycles. The number of hydrogen-bond acceptors (Lipinski definition) is 4. The lowest BCUT2D eigenvalue weighted by molar-refractivity contribution is -0.116. The van der Waals surface area contributed by atoms with Crippen molar-refractivity contribution in [1.82, 2.24) is 4.57 Å². The van der Waals surface area contributed by atoms with Crippen LogP contribution in [0.3, 0.4) is 0 Å². The van der Waals surface area contributed by atoms with Gasteiger partial charge in [-0.15, -0.1) is 0 Å². The zero-order chi connectivity index (χ0) is 18.0. The second-order valence-electron chi connectivity index (χ2n) is 5.26. The number of hydrogen-bond donors (Lipinski definition) is 1. The van der Waals surface area contributed by atoms with Gasteiger partial charge in [0.2, 0.25) is 5.91 Å². The Kier molecular flexibility index (Phi) is 4.51. The highest BCUT2D eigenvalue weighted by molar-refractivity contribution is 5.90. The van der Waals surface area contributed by atoms with E-state index in [2.05, 4.69) is 10.1 Å². The van der Waals surface area contributed by atoms with Crippen LogP contribution in [0.25, 0.3) is 11.1 Å². The summed E-state index contributed by atoms with van der Waals surface area (Å²) in [6, 6.07) is 8.74. The third-order valence-electron chi connectivity index (χ3n) is 3.62. The molecule has 2 aromatic carbocycles. The number of amides is 1. The summed E-state index contributed by atoms with van der Waals surface area (Å²) in [4.78, 5) is 23.8. The maximum absolute atomic E-state index is 13.6. The van der Waals surface area contributed by atoms with E-state index in [1.165, 1.54) is 4.57 Å². The minimum Gasteiger partial charge on any atom is -0.491 e. The Morgan fingerprint density at radius 2 is 1.92 bits per heavy atom. The third kappa shape index (κ3) is 3.37. The number of para-hydroxylation sites is 2. The highest BCUT2D eigenvalue weighted by atomic mass is 19.1. The molecule has 1 amide bonds. The molecule has 6 nitrogen and oxygen atoms in total. The van der Waals surface area contributed by atoms with E-state index in [9.17, 15) is 18.4 Å². The van der Waals surface area contributed by atoms with Crippen molar-refractivity contribution in [2.24, 2.45) is 0 Å². The smallest absolute Gasteiger partial charge is 0.419 e. The molecule has 0 saturated carbocycles. The highest BCUT2D eigenvalue weighted by Gasteiger charge is 2.14. The topological polar surface area (TPSA) is 73.5 Å². The largest absolute Gasteiger partial charge is 0.491 e. The number of oxazole rings is 1. The van der Waals surface area contributed by atoms with Crippen molar-refractivity contribution in [3.05, 3.63) is 58.6 Å². The van der Waals surface area contributed by atoms with Gasteiger partial charge in [0.1, 0.15) is 0 Å². The standard InChI is InChI=1S/C17H14F2N2O4/c1-24-16-11(18)8-10(9-12(16)19)20-15(22)6-7-21-13-4-2-3-5-14(13)25-17(21)23/h2-5,8-9H,6-7H2,1H3,(H,20,22). The molecule has 1 aromatic heterocycles. The van der Waals surface area contributed by atoms with Crippen molar-refractivity contribution in [2.75, 3.05) is 12.4 Å². The highest BCUT2D eigenvalue weighted by Crippen LogP contribution is 2.25. The first-order valence-corrected chi connectivity index (χ1v) is 7.41. The molecule has 0 aliphatic carbocycles. The van der Waals surface area contributed by atoms with Crippen LogP contribution in [0.2, 0.25) is 0 Å². The van der Waals surface area contributed by atoms with Gasteiger partial charge in [0, 0.05) is 30.8 Å². The van der Waals surface area contributed by atoms with Crippen LogP contribution < -0.4 is 15.8 Å². The first-order chi connectivity index (χ1) is 12.0. The summed E-state index contributed by atoms with van der Waals surface area (Å²) in [6.45, 7) is 0.0722. The number of methoxy groups -OCH3 is 1. The predicted molar refractivity (Wildman–Crippen MR) is 86.6 cm³/mol. The molecule has 25 heavy (non-hydrogen) atoms. The number of aryl methyl sites for hydroxylation is 1. The Hall–Kier alpha value is -3.16. The first-order valence-electron chi connectivity index (χ1n) is 7.41. The van der Waals surface area contributed by atoms with Crippen LogP contribution in [0.4, 0.5) is 14.5 Å². The number of nitrogens with zero attached hydrogens (tertiary/aromatic N) is 1. The Morgan fingerprint density at radius 1 is 1.24 bits per heavy atom. The van der Waals surface area contributed by atoms with Crippen LogP contribution in [0, 0.1) is 11.6 Å². The molecule has 0 unspecified atom stereocenters. The number of ether oxygens (including phenoxy) is 1. The molecule has 0 fully saturated rings.